The molecular formula is C19H16N2O3. The number of aliphatic hydroxyl groups is 1. The van der Waals surface area contributed by atoms with Crippen LogP contribution in [0.3, 0.4) is 0 Å². The first-order chi connectivity index (χ1) is 11.5. The second-order valence-electron chi connectivity index (χ2n) is 6.21. The number of amides is 3. The molecule has 1 aliphatic carbocycles. The zero-order valence-electron chi connectivity index (χ0n) is 12.8. The highest BCUT2D eigenvalue weighted by Crippen LogP contribution is 2.49. The highest BCUT2D eigenvalue weighted by Gasteiger charge is 2.56. The normalized spacial score (nSPS) is 28.6. The van der Waals surface area contributed by atoms with Gasteiger partial charge in [0.15, 0.2) is 0 Å². The zero-order chi connectivity index (χ0) is 16.8. The fourth-order valence-corrected chi connectivity index (χ4v) is 3.56. The van der Waals surface area contributed by atoms with Gasteiger partial charge in [-0.05, 0) is 22.8 Å². The predicted molar refractivity (Wildman–Crippen MR) is 88.8 cm³/mol. The number of benzene rings is 2. The van der Waals surface area contributed by atoms with Crippen LogP contribution in [0.4, 0.5) is 4.79 Å². The van der Waals surface area contributed by atoms with E-state index in [9.17, 15) is 14.7 Å². The van der Waals surface area contributed by atoms with Crippen LogP contribution >= 0.6 is 0 Å². The molecule has 24 heavy (non-hydrogen) atoms. The lowest BCUT2D eigenvalue weighted by atomic mass is 9.82. The molecule has 0 saturated carbocycles. The Balaban J connectivity index is 1.90. The Bertz CT molecular complexity index is 847. The topological polar surface area (TPSA) is 78.4 Å². The van der Waals surface area contributed by atoms with Gasteiger partial charge in [-0.3, -0.25) is 10.1 Å². The van der Waals surface area contributed by atoms with Crippen molar-refractivity contribution < 1.29 is 14.7 Å². The molecule has 0 aromatic heterocycles. The van der Waals surface area contributed by atoms with Gasteiger partial charge in [-0.1, -0.05) is 60.7 Å². The summed E-state index contributed by atoms with van der Waals surface area (Å²) in [4.78, 5) is 24.0. The molecule has 1 aliphatic heterocycles. The lowest BCUT2D eigenvalue weighted by Gasteiger charge is -2.29. The number of urea groups is 1. The zero-order valence-corrected chi connectivity index (χ0v) is 12.8. The summed E-state index contributed by atoms with van der Waals surface area (Å²) in [7, 11) is 0. The largest absolute Gasteiger partial charge is 0.380 e. The molecule has 0 unspecified atom stereocenters. The van der Waals surface area contributed by atoms with E-state index >= 15 is 0 Å². The number of hydrogen-bond donors (Lipinski definition) is 3. The van der Waals surface area contributed by atoms with E-state index in [0.29, 0.717) is 11.1 Å². The molecule has 1 saturated heterocycles. The van der Waals surface area contributed by atoms with Crippen LogP contribution in [-0.2, 0) is 10.4 Å². The van der Waals surface area contributed by atoms with Crippen molar-refractivity contribution >= 4 is 17.5 Å². The summed E-state index contributed by atoms with van der Waals surface area (Å²) in [6.45, 7) is 0. The van der Waals surface area contributed by atoms with E-state index in [2.05, 4.69) is 10.6 Å². The van der Waals surface area contributed by atoms with Gasteiger partial charge in [0, 0.05) is 6.42 Å². The Hall–Kier alpha value is -2.92. The molecule has 2 aliphatic rings. The maximum absolute atomic E-state index is 12.4. The van der Waals surface area contributed by atoms with Gasteiger partial charge in [-0.2, -0.15) is 0 Å². The Morgan fingerprint density at radius 2 is 1.54 bits per heavy atom. The maximum Gasteiger partial charge on any atom is 0.322 e. The summed E-state index contributed by atoms with van der Waals surface area (Å²) in [6, 6.07) is 18.1. The highest BCUT2D eigenvalue weighted by atomic mass is 16.3. The molecule has 1 fully saturated rings. The Kier molecular flexibility index (Phi) is 3.08. The molecule has 4 rings (SSSR count). The van der Waals surface area contributed by atoms with Crippen molar-refractivity contribution in [1.29, 1.82) is 0 Å². The lowest BCUT2D eigenvalue weighted by molar-refractivity contribution is -0.123. The van der Waals surface area contributed by atoms with E-state index in [1.54, 1.807) is 6.08 Å². The van der Waals surface area contributed by atoms with Gasteiger partial charge in [0.05, 0.1) is 0 Å². The van der Waals surface area contributed by atoms with Crippen molar-refractivity contribution in [3.05, 3.63) is 77.9 Å². The van der Waals surface area contributed by atoms with Gasteiger partial charge >= 0.3 is 6.03 Å². The summed E-state index contributed by atoms with van der Waals surface area (Å²) in [5.41, 5.74) is -0.475. The third kappa shape index (κ3) is 2.06. The minimum absolute atomic E-state index is 0.0613. The number of hydrogen-bond acceptors (Lipinski definition) is 3. The third-order valence-corrected chi connectivity index (χ3v) is 4.68. The molecule has 1 heterocycles. The van der Waals surface area contributed by atoms with Crippen molar-refractivity contribution in [3.8, 4) is 0 Å². The summed E-state index contributed by atoms with van der Waals surface area (Å²) in [5.74, 6) is -0.437. The fraction of sp³-hybridized carbons (Fsp3) is 0.158. The number of carbonyl (C=O) groups is 2. The minimum atomic E-state index is -1.36. The van der Waals surface area contributed by atoms with E-state index in [-0.39, 0.29) is 6.42 Å². The maximum atomic E-state index is 12.4. The Morgan fingerprint density at radius 1 is 0.917 bits per heavy atom. The van der Waals surface area contributed by atoms with E-state index in [0.717, 1.165) is 5.56 Å². The monoisotopic (exact) mass is 320 g/mol. The average molecular weight is 320 g/mol. The molecule has 3 amide bonds. The van der Waals surface area contributed by atoms with Gasteiger partial charge < -0.3 is 10.4 Å². The van der Waals surface area contributed by atoms with Gasteiger partial charge in [0.1, 0.15) is 11.1 Å². The van der Waals surface area contributed by atoms with Crippen molar-refractivity contribution in [2.24, 2.45) is 0 Å². The molecule has 2 aromatic carbocycles. The molecule has 1 spiro atoms. The summed E-state index contributed by atoms with van der Waals surface area (Å²) in [6.07, 6.45) is 1.74. The predicted octanol–water partition coefficient (Wildman–Crippen LogP) is 1.94. The number of nitrogens with one attached hydrogen (secondary N) is 2. The molecule has 2 atom stereocenters. The van der Waals surface area contributed by atoms with Crippen molar-refractivity contribution in [2.45, 2.75) is 17.6 Å². The van der Waals surface area contributed by atoms with Crippen molar-refractivity contribution in [1.82, 2.24) is 10.6 Å². The quantitative estimate of drug-likeness (QED) is 0.740. The second-order valence-corrected chi connectivity index (χ2v) is 6.21. The number of rotatable bonds is 2. The fourth-order valence-electron chi connectivity index (χ4n) is 3.56. The first-order valence-corrected chi connectivity index (χ1v) is 7.74. The molecule has 5 nitrogen and oxygen atoms in total. The standard InChI is InChI=1S/C19H16N2O3/c22-16-18(21-17(23)20-16)11-15(13-7-3-1-4-8-13)19(24,12-18)14-9-5-2-6-10-14/h1-11,24H,12H2,(H2,20,21,22,23)/t18-,19+/m1/s1. The molecule has 5 heteroatoms. The molecule has 0 radical (unpaired) electrons. The Morgan fingerprint density at radius 3 is 2.12 bits per heavy atom. The van der Waals surface area contributed by atoms with Crippen molar-refractivity contribution in [3.63, 3.8) is 0 Å². The third-order valence-electron chi connectivity index (χ3n) is 4.68. The van der Waals surface area contributed by atoms with Crippen LogP contribution in [0.1, 0.15) is 17.5 Å². The van der Waals surface area contributed by atoms with Gasteiger partial charge in [-0.15, -0.1) is 0 Å². The van der Waals surface area contributed by atoms with Gasteiger partial charge in [0.2, 0.25) is 0 Å². The smallest absolute Gasteiger partial charge is 0.322 e. The summed E-state index contributed by atoms with van der Waals surface area (Å²) < 4.78 is 0. The molecule has 0 bridgehead atoms. The van der Waals surface area contributed by atoms with Crippen LogP contribution in [0.15, 0.2) is 66.7 Å². The number of carbonyl (C=O) groups excluding carboxylic acids is 2. The van der Waals surface area contributed by atoms with Crippen molar-refractivity contribution in [2.75, 3.05) is 0 Å². The number of imide groups is 1. The van der Waals surface area contributed by atoms with E-state index in [1.165, 1.54) is 0 Å². The van der Waals surface area contributed by atoms with Crippen LogP contribution in [0, 0.1) is 0 Å². The highest BCUT2D eigenvalue weighted by molar-refractivity contribution is 6.10. The molecule has 3 N–H and O–H groups in total. The summed E-state index contributed by atoms with van der Waals surface area (Å²) >= 11 is 0. The molecular weight excluding hydrogens is 304 g/mol. The van der Waals surface area contributed by atoms with E-state index < -0.39 is 23.1 Å². The summed E-state index contributed by atoms with van der Waals surface area (Å²) in [5, 5.41) is 16.4. The van der Waals surface area contributed by atoms with Crippen LogP contribution in [0.2, 0.25) is 0 Å². The molecule has 120 valence electrons. The molecule has 2 aromatic rings. The average Bonchev–Trinajstić information content (AvgIpc) is 3.05. The van der Waals surface area contributed by atoms with Crippen LogP contribution in [0.5, 0.6) is 0 Å². The lowest BCUT2D eigenvalue weighted by Crippen LogP contribution is -2.46. The van der Waals surface area contributed by atoms with E-state index in [4.69, 9.17) is 0 Å². The van der Waals surface area contributed by atoms with Gasteiger partial charge in [-0.25, -0.2) is 4.79 Å². The van der Waals surface area contributed by atoms with Crippen LogP contribution < -0.4 is 10.6 Å². The Labute approximate surface area is 139 Å². The first-order valence-electron chi connectivity index (χ1n) is 7.74. The van der Waals surface area contributed by atoms with Gasteiger partial charge in [0.25, 0.3) is 5.91 Å². The SMILES string of the molecule is O=C1NC(=O)[C@]2(C=C(c3ccccc3)[C@@](O)(c3ccccc3)C2)N1. The van der Waals surface area contributed by atoms with Crippen LogP contribution in [0.25, 0.3) is 5.57 Å². The first kappa shape index (κ1) is 14.7. The minimum Gasteiger partial charge on any atom is -0.380 e. The second kappa shape index (κ2) is 5.04. The van der Waals surface area contributed by atoms with Crippen LogP contribution in [-0.4, -0.2) is 22.6 Å². The van der Waals surface area contributed by atoms with E-state index in [1.807, 2.05) is 60.7 Å².